The molecule has 0 aliphatic heterocycles. The average Bonchev–Trinajstić information content (AvgIpc) is 3.35. The van der Waals surface area contributed by atoms with Gasteiger partial charge in [0, 0.05) is 0 Å². The maximum Gasteiger partial charge on any atom is 0.309 e. The molecule has 2 unspecified atom stereocenters. The molecule has 120 valence electrons. The van der Waals surface area contributed by atoms with Crippen molar-refractivity contribution < 1.29 is 9.90 Å². The van der Waals surface area contributed by atoms with Crippen LogP contribution in [0.25, 0.3) is 0 Å². The van der Waals surface area contributed by atoms with E-state index in [9.17, 15) is 9.90 Å². The Morgan fingerprint density at radius 3 is 2.26 bits per heavy atom. The zero-order chi connectivity index (χ0) is 15.7. The lowest BCUT2D eigenvalue weighted by Gasteiger charge is -2.62. The number of carboxylic acid groups (broad SMARTS) is 1. The standard InChI is InChI=1S/C21H24O2/c22-19(23)21-11-15-9-20(13-21,17-4-2-1-3-5-17)10-16(12-21)18(15)8-14-6-7-14/h1-5,8,14-16H,6-7,9-13H2,(H,22,23). The highest BCUT2D eigenvalue weighted by Crippen LogP contribution is 2.67. The van der Waals surface area contributed by atoms with E-state index >= 15 is 0 Å². The number of carboxylic acids is 1. The summed E-state index contributed by atoms with van der Waals surface area (Å²) in [6, 6.07) is 10.7. The molecule has 5 fully saturated rings. The van der Waals surface area contributed by atoms with Crippen molar-refractivity contribution in [3.63, 3.8) is 0 Å². The normalized spacial score (nSPS) is 41.1. The lowest BCUT2D eigenvalue weighted by molar-refractivity contribution is -0.162. The summed E-state index contributed by atoms with van der Waals surface area (Å²) in [5, 5.41) is 10.0. The van der Waals surface area contributed by atoms with E-state index in [0.717, 1.165) is 25.2 Å². The molecule has 4 bridgehead atoms. The van der Waals surface area contributed by atoms with E-state index in [4.69, 9.17) is 0 Å². The lowest BCUT2D eigenvalue weighted by Crippen LogP contribution is -2.57. The largest absolute Gasteiger partial charge is 0.481 e. The van der Waals surface area contributed by atoms with Crippen LogP contribution in [0.15, 0.2) is 42.0 Å². The minimum Gasteiger partial charge on any atom is -0.481 e. The second kappa shape index (κ2) is 4.49. The molecular formula is C21H24O2. The van der Waals surface area contributed by atoms with Gasteiger partial charge in [-0.1, -0.05) is 42.0 Å². The van der Waals surface area contributed by atoms with Crippen LogP contribution in [0.4, 0.5) is 0 Å². The number of aliphatic carboxylic acids is 1. The Labute approximate surface area is 137 Å². The molecule has 1 aromatic rings. The van der Waals surface area contributed by atoms with Crippen molar-refractivity contribution in [2.24, 2.45) is 23.2 Å². The van der Waals surface area contributed by atoms with Gasteiger partial charge in [-0.25, -0.2) is 0 Å². The molecule has 5 aliphatic rings. The van der Waals surface area contributed by atoms with Gasteiger partial charge in [-0.3, -0.25) is 4.79 Å². The number of hydrogen-bond donors (Lipinski definition) is 1. The Morgan fingerprint density at radius 2 is 1.70 bits per heavy atom. The van der Waals surface area contributed by atoms with E-state index in [-0.39, 0.29) is 5.41 Å². The quantitative estimate of drug-likeness (QED) is 0.831. The van der Waals surface area contributed by atoms with E-state index in [2.05, 4.69) is 36.4 Å². The van der Waals surface area contributed by atoms with Crippen LogP contribution in [-0.4, -0.2) is 11.1 Å². The zero-order valence-corrected chi connectivity index (χ0v) is 13.5. The van der Waals surface area contributed by atoms with Gasteiger partial charge < -0.3 is 5.11 Å². The first kappa shape index (κ1) is 13.8. The first-order valence-electron chi connectivity index (χ1n) is 9.11. The average molecular weight is 308 g/mol. The van der Waals surface area contributed by atoms with Gasteiger partial charge in [0.25, 0.3) is 0 Å². The van der Waals surface area contributed by atoms with Gasteiger partial charge in [0.05, 0.1) is 5.41 Å². The van der Waals surface area contributed by atoms with Crippen LogP contribution >= 0.6 is 0 Å². The van der Waals surface area contributed by atoms with Gasteiger partial charge in [0.15, 0.2) is 0 Å². The highest BCUT2D eigenvalue weighted by Gasteiger charge is 2.62. The number of rotatable bonds is 3. The third kappa shape index (κ3) is 1.96. The maximum absolute atomic E-state index is 12.1. The van der Waals surface area contributed by atoms with Gasteiger partial charge in [0.1, 0.15) is 0 Å². The maximum atomic E-state index is 12.1. The summed E-state index contributed by atoms with van der Waals surface area (Å²) in [6.45, 7) is 0. The van der Waals surface area contributed by atoms with E-state index < -0.39 is 11.4 Å². The molecule has 0 aromatic heterocycles. The van der Waals surface area contributed by atoms with E-state index in [1.54, 1.807) is 5.57 Å². The van der Waals surface area contributed by atoms with Crippen LogP contribution in [0.5, 0.6) is 0 Å². The SMILES string of the molecule is O=C(O)C12CC3CC(c4ccccc4)(CC(C1)C3=CC1CC1)C2. The fourth-order valence-electron chi connectivity index (χ4n) is 6.13. The molecule has 5 aliphatic carbocycles. The monoisotopic (exact) mass is 308 g/mol. The van der Waals surface area contributed by atoms with Crippen LogP contribution in [-0.2, 0) is 10.2 Å². The Morgan fingerprint density at radius 1 is 1.04 bits per heavy atom. The van der Waals surface area contributed by atoms with Crippen molar-refractivity contribution in [2.45, 2.75) is 50.4 Å². The summed E-state index contributed by atoms with van der Waals surface area (Å²) in [5.41, 5.74) is 2.65. The zero-order valence-electron chi connectivity index (χ0n) is 13.5. The molecule has 2 nitrogen and oxygen atoms in total. The Kier molecular flexibility index (Phi) is 2.70. The molecule has 23 heavy (non-hydrogen) atoms. The van der Waals surface area contributed by atoms with Crippen molar-refractivity contribution >= 4 is 5.97 Å². The fraction of sp³-hybridized carbons (Fsp3) is 0.571. The molecule has 0 spiro atoms. The molecule has 0 saturated heterocycles. The second-order valence-electron chi connectivity index (χ2n) is 8.62. The molecule has 1 aromatic carbocycles. The minimum atomic E-state index is -0.544. The summed E-state index contributed by atoms with van der Waals surface area (Å²) in [5.74, 6) is 1.27. The molecule has 2 atom stereocenters. The van der Waals surface area contributed by atoms with E-state index in [1.807, 2.05) is 0 Å². The Hall–Kier alpha value is -1.57. The van der Waals surface area contributed by atoms with Crippen molar-refractivity contribution in [2.75, 3.05) is 0 Å². The van der Waals surface area contributed by atoms with E-state index in [0.29, 0.717) is 11.8 Å². The molecule has 2 heteroatoms. The fourth-order valence-corrected chi connectivity index (χ4v) is 6.13. The van der Waals surface area contributed by atoms with Crippen LogP contribution in [0.1, 0.15) is 50.5 Å². The summed E-state index contributed by atoms with van der Waals surface area (Å²) in [4.78, 5) is 12.1. The third-order valence-electron chi connectivity index (χ3n) is 7.06. The van der Waals surface area contributed by atoms with Crippen molar-refractivity contribution in [3.8, 4) is 0 Å². The van der Waals surface area contributed by atoms with Crippen molar-refractivity contribution in [1.82, 2.24) is 0 Å². The number of carbonyl (C=O) groups is 1. The molecule has 6 rings (SSSR count). The van der Waals surface area contributed by atoms with Gasteiger partial charge in [-0.2, -0.15) is 0 Å². The van der Waals surface area contributed by atoms with Gasteiger partial charge in [-0.15, -0.1) is 0 Å². The summed E-state index contributed by atoms with van der Waals surface area (Å²) in [7, 11) is 0. The van der Waals surface area contributed by atoms with Gasteiger partial charge in [0.2, 0.25) is 0 Å². The predicted octanol–water partition coefficient (Wildman–Crippen LogP) is 4.56. The highest BCUT2D eigenvalue weighted by molar-refractivity contribution is 5.76. The van der Waals surface area contributed by atoms with E-state index in [1.165, 1.54) is 31.2 Å². The molecular weight excluding hydrogens is 284 g/mol. The first-order valence-corrected chi connectivity index (χ1v) is 9.11. The van der Waals surface area contributed by atoms with Crippen LogP contribution in [0, 0.1) is 23.2 Å². The smallest absolute Gasteiger partial charge is 0.309 e. The topological polar surface area (TPSA) is 37.3 Å². The molecule has 0 heterocycles. The van der Waals surface area contributed by atoms with Crippen LogP contribution < -0.4 is 0 Å². The summed E-state index contributed by atoms with van der Waals surface area (Å²) < 4.78 is 0. The summed E-state index contributed by atoms with van der Waals surface area (Å²) >= 11 is 0. The Balaban J connectivity index is 1.60. The van der Waals surface area contributed by atoms with Crippen LogP contribution in [0.2, 0.25) is 0 Å². The highest BCUT2D eigenvalue weighted by atomic mass is 16.4. The van der Waals surface area contributed by atoms with Crippen molar-refractivity contribution in [1.29, 1.82) is 0 Å². The predicted molar refractivity (Wildman–Crippen MR) is 89.1 cm³/mol. The summed E-state index contributed by atoms with van der Waals surface area (Å²) in [6.07, 6.45) is 10.2. The van der Waals surface area contributed by atoms with Gasteiger partial charge in [-0.05, 0) is 73.7 Å². The third-order valence-corrected chi connectivity index (χ3v) is 7.06. The van der Waals surface area contributed by atoms with Crippen LogP contribution in [0.3, 0.4) is 0 Å². The lowest BCUT2D eigenvalue weighted by atomic mass is 9.41. The molecule has 0 amide bonds. The number of allylic oxidation sites excluding steroid dienone is 2. The second-order valence-corrected chi connectivity index (χ2v) is 8.62. The van der Waals surface area contributed by atoms with Gasteiger partial charge >= 0.3 is 5.97 Å². The number of hydrogen-bond acceptors (Lipinski definition) is 1. The molecule has 1 N–H and O–H groups in total. The Bertz CT molecular complexity index is 665. The molecule has 0 radical (unpaired) electrons. The van der Waals surface area contributed by atoms with Crippen molar-refractivity contribution in [3.05, 3.63) is 47.5 Å². The minimum absolute atomic E-state index is 0.104. The number of benzene rings is 1. The molecule has 5 saturated carbocycles. The first-order chi connectivity index (χ1) is 11.1.